The maximum atomic E-state index is 4.55. The third-order valence-electron chi connectivity index (χ3n) is 3.50. The van der Waals surface area contributed by atoms with Crippen molar-refractivity contribution in [2.45, 2.75) is 19.8 Å². The Bertz CT molecular complexity index is 699. The molecule has 0 N–H and O–H groups in total. The number of aromatic nitrogens is 1. The van der Waals surface area contributed by atoms with E-state index in [1.165, 1.54) is 21.9 Å². The molecule has 3 rings (SSSR count). The van der Waals surface area contributed by atoms with Gasteiger partial charge in [-0.3, -0.25) is 4.98 Å². The van der Waals surface area contributed by atoms with Crippen LogP contribution in [0.2, 0.25) is 0 Å². The molecule has 1 heterocycles. The van der Waals surface area contributed by atoms with E-state index in [9.17, 15) is 0 Å². The van der Waals surface area contributed by atoms with Crippen LogP contribution in [0, 0.1) is 0 Å². The zero-order valence-corrected chi connectivity index (χ0v) is 11.3. The molecule has 0 atom stereocenters. The predicted molar refractivity (Wildman–Crippen MR) is 81.3 cm³/mol. The largest absolute Gasteiger partial charge is 0.256 e. The van der Waals surface area contributed by atoms with Crippen molar-refractivity contribution >= 4 is 10.8 Å². The van der Waals surface area contributed by atoms with Crippen LogP contribution in [-0.4, -0.2) is 4.98 Å². The lowest BCUT2D eigenvalue weighted by molar-refractivity contribution is 0.869. The van der Waals surface area contributed by atoms with Crippen LogP contribution in [0.4, 0.5) is 0 Å². The Kier molecular flexibility index (Phi) is 3.04. The van der Waals surface area contributed by atoms with Crippen LogP contribution < -0.4 is 0 Å². The lowest BCUT2D eigenvalue weighted by Gasteiger charge is -2.09. The lowest BCUT2D eigenvalue weighted by Crippen LogP contribution is -1.90. The quantitative estimate of drug-likeness (QED) is 0.619. The Hall–Kier alpha value is -2.15. The number of rotatable bonds is 2. The average molecular weight is 247 g/mol. The molecule has 1 aromatic heterocycles. The number of hydrogen-bond donors (Lipinski definition) is 0. The summed E-state index contributed by atoms with van der Waals surface area (Å²) in [5.41, 5.74) is 3.61. The normalized spacial score (nSPS) is 11.1. The van der Waals surface area contributed by atoms with E-state index in [-0.39, 0.29) is 0 Å². The molecule has 2 aromatic carbocycles. The first kappa shape index (κ1) is 11.9. The summed E-state index contributed by atoms with van der Waals surface area (Å²) in [4.78, 5) is 4.55. The van der Waals surface area contributed by atoms with Gasteiger partial charge in [0.15, 0.2) is 0 Å². The van der Waals surface area contributed by atoms with E-state index in [0.29, 0.717) is 5.92 Å². The highest BCUT2D eigenvalue weighted by Crippen LogP contribution is 2.28. The SMILES string of the molecule is CC(C)c1ccc2c(-c3ccccc3)nccc2c1. The Morgan fingerprint density at radius 3 is 2.42 bits per heavy atom. The van der Waals surface area contributed by atoms with Gasteiger partial charge in [-0.15, -0.1) is 0 Å². The van der Waals surface area contributed by atoms with E-state index >= 15 is 0 Å². The summed E-state index contributed by atoms with van der Waals surface area (Å²) in [6, 6.07) is 19.1. The molecule has 1 nitrogen and oxygen atoms in total. The van der Waals surface area contributed by atoms with E-state index in [0.717, 1.165) is 5.69 Å². The van der Waals surface area contributed by atoms with Crippen LogP contribution >= 0.6 is 0 Å². The molecule has 0 unspecified atom stereocenters. The fraction of sp³-hybridized carbons (Fsp3) is 0.167. The summed E-state index contributed by atoms with van der Waals surface area (Å²) in [5, 5.41) is 2.48. The maximum absolute atomic E-state index is 4.55. The van der Waals surface area contributed by atoms with Gasteiger partial charge < -0.3 is 0 Å². The molecular formula is C18H17N. The smallest absolute Gasteiger partial charge is 0.0780 e. The van der Waals surface area contributed by atoms with Gasteiger partial charge in [-0.1, -0.05) is 62.4 Å². The molecule has 0 radical (unpaired) electrons. The highest BCUT2D eigenvalue weighted by Gasteiger charge is 2.06. The first-order valence-electron chi connectivity index (χ1n) is 6.70. The third-order valence-corrected chi connectivity index (χ3v) is 3.50. The van der Waals surface area contributed by atoms with E-state index < -0.39 is 0 Å². The van der Waals surface area contributed by atoms with Crippen molar-refractivity contribution in [3.63, 3.8) is 0 Å². The van der Waals surface area contributed by atoms with Gasteiger partial charge in [-0.2, -0.15) is 0 Å². The zero-order valence-electron chi connectivity index (χ0n) is 11.3. The predicted octanol–water partition coefficient (Wildman–Crippen LogP) is 5.03. The van der Waals surface area contributed by atoms with Gasteiger partial charge in [0.1, 0.15) is 0 Å². The summed E-state index contributed by atoms with van der Waals surface area (Å²) in [7, 11) is 0. The van der Waals surface area contributed by atoms with E-state index in [1.54, 1.807) is 0 Å². The zero-order chi connectivity index (χ0) is 13.2. The molecular weight excluding hydrogens is 230 g/mol. The van der Waals surface area contributed by atoms with E-state index in [4.69, 9.17) is 0 Å². The second kappa shape index (κ2) is 4.85. The van der Waals surface area contributed by atoms with E-state index in [2.05, 4.69) is 67.4 Å². The fourth-order valence-corrected chi connectivity index (χ4v) is 2.38. The van der Waals surface area contributed by atoms with Crippen molar-refractivity contribution in [1.82, 2.24) is 4.98 Å². The van der Waals surface area contributed by atoms with Crippen molar-refractivity contribution in [2.24, 2.45) is 0 Å². The van der Waals surface area contributed by atoms with Crippen LogP contribution in [0.15, 0.2) is 60.8 Å². The first-order chi connectivity index (χ1) is 9.25. The molecule has 0 saturated carbocycles. The topological polar surface area (TPSA) is 12.9 Å². The number of fused-ring (bicyclic) bond motifs is 1. The van der Waals surface area contributed by atoms with E-state index in [1.807, 2.05) is 12.3 Å². The highest BCUT2D eigenvalue weighted by atomic mass is 14.7. The Morgan fingerprint density at radius 1 is 0.895 bits per heavy atom. The molecule has 0 amide bonds. The van der Waals surface area contributed by atoms with Gasteiger partial charge >= 0.3 is 0 Å². The molecule has 0 aliphatic rings. The maximum Gasteiger partial charge on any atom is 0.0780 e. The van der Waals surface area contributed by atoms with Crippen molar-refractivity contribution in [1.29, 1.82) is 0 Å². The Labute approximate surface area is 113 Å². The fourth-order valence-electron chi connectivity index (χ4n) is 2.38. The molecule has 0 bridgehead atoms. The summed E-state index contributed by atoms with van der Waals surface area (Å²) in [6.07, 6.45) is 1.90. The van der Waals surface area contributed by atoms with Crippen molar-refractivity contribution in [2.75, 3.05) is 0 Å². The lowest BCUT2D eigenvalue weighted by atomic mass is 9.97. The monoisotopic (exact) mass is 247 g/mol. The standard InChI is InChI=1S/C18H17N/c1-13(2)15-8-9-17-16(12-15)10-11-19-18(17)14-6-4-3-5-7-14/h3-13H,1-2H3. The second-order valence-corrected chi connectivity index (χ2v) is 5.16. The van der Waals surface area contributed by atoms with Crippen molar-refractivity contribution in [3.8, 4) is 11.3 Å². The van der Waals surface area contributed by atoms with Crippen LogP contribution in [0.1, 0.15) is 25.3 Å². The van der Waals surface area contributed by atoms with Crippen LogP contribution in [0.5, 0.6) is 0 Å². The number of hydrogen-bond acceptors (Lipinski definition) is 1. The Balaban J connectivity index is 2.22. The van der Waals surface area contributed by atoms with Crippen molar-refractivity contribution in [3.05, 3.63) is 66.4 Å². The molecule has 94 valence electrons. The third kappa shape index (κ3) is 2.24. The first-order valence-corrected chi connectivity index (χ1v) is 6.70. The van der Waals surface area contributed by atoms with Crippen LogP contribution in [0.25, 0.3) is 22.0 Å². The van der Waals surface area contributed by atoms with Gasteiger partial charge in [0.25, 0.3) is 0 Å². The molecule has 1 heteroatoms. The molecule has 0 fully saturated rings. The molecule has 0 spiro atoms. The van der Waals surface area contributed by atoms with Crippen LogP contribution in [-0.2, 0) is 0 Å². The minimum Gasteiger partial charge on any atom is -0.256 e. The summed E-state index contributed by atoms with van der Waals surface area (Å²) < 4.78 is 0. The second-order valence-electron chi connectivity index (χ2n) is 5.16. The number of benzene rings is 2. The Morgan fingerprint density at radius 2 is 1.68 bits per heavy atom. The average Bonchev–Trinajstić information content (AvgIpc) is 2.47. The van der Waals surface area contributed by atoms with Gasteiger partial charge in [0.2, 0.25) is 0 Å². The van der Waals surface area contributed by atoms with Gasteiger partial charge in [0, 0.05) is 17.1 Å². The van der Waals surface area contributed by atoms with Crippen LogP contribution in [0.3, 0.4) is 0 Å². The molecule has 0 aliphatic carbocycles. The number of pyridine rings is 1. The summed E-state index contributed by atoms with van der Waals surface area (Å²) in [6.45, 7) is 4.45. The van der Waals surface area contributed by atoms with Gasteiger partial charge in [-0.25, -0.2) is 0 Å². The minimum absolute atomic E-state index is 0.553. The summed E-state index contributed by atoms with van der Waals surface area (Å²) >= 11 is 0. The molecule has 3 aromatic rings. The number of nitrogens with zero attached hydrogens (tertiary/aromatic N) is 1. The molecule has 0 saturated heterocycles. The van der Waals surface area contributed by atoms with Gasteiger partial charge in [-0.05, 0) is 22.9 Å². The molecule has 19 heavy (non-hydrogen) atoms. The summed E-state index contributed by atoms with van der Waals surface area (Å²) in [5.74, 6) is 0.553. The highest BCUT2D eigenvalue weighted by molar-refractivity contribution is 5.94. The molecule has 0 aliphatic heterocycles. The van der Waals surface area contributed by atoms with Gasteiger partial charge in [0.05, 0.1) is 5.69 Å². The van der Waals surface area contributed by atoms with Crippen molar-refractivity contribution < 1.29 is 0 Å². The minimum atomic E-state index is 0.553.